The number of carboxylic acids is 1. The summed E-state index contributed by atoms with van der Waals surface area (Å²) >= 11 is 0. The molecule has 0 spiro atoms. The van der Waals surface area contributed by atoms with Crippen LogP contribution in [0, 0.1) is 10.8 Å². The zero-order chi connectivity index (χ0) is 15.8. The van der Waals surface area contributed by atoms with Gasteiger partial charge < -0.3 is 15.7 Å². The summed E-state index contributed by atoms with van der Waals surface area (Å²) in [6.45, 7) is 8.35. The van der Waals surface area contributed by atoms with Crippen LogP contribution in [0.15, 0.2) is 30.3 Å². The number of benzene rings is 1. The summed E-state index contributed by atoms with van der Waals surface area (Å²) in [5.41, 5.74) is 0.570. The first-order chi connectivity index (χ1) is 9.68. The standard InChI is InChI=1S/C16H22N2O3/c1-15(2)13(16(15,3)4)18-14(21)17-11(12(19)20)10-8-6-5-7-9-10/h5-9,11,13H,1-4H3,(H,19,20)(H2,17,18,21). The van der Waals surface area contributed by atoms with E-state index in [1.807, 2.05) is 0 Å². The smallest absolute Gasteiger partial charge is 0.330 e. The second kappa shape index (κ2) is 5.06. The van der Waals surface area contributed by atoms with E-state index in [0.717, 1.165) is 0 Å². The van der Waals surface area contributed by atoms with E-state index >= 15 is 0 Å². The third kappa shape index (κ3) is 2.73. The number of rotatable bonds is 4. The van der Waals surface area contributed by atoms with Gasteiger partial charge in [0.25, 0.3) is 0 Å². The molecule has 114 valence electrons. The summed E-state index contributed by atoms with van der Waals surface area (Å²) in [6, 6.07) is 7.21. The number of hydrogen-bond donors (Lipinski definition) is 3. The van der Waals surface area contributed by atoms with Gasteiger partial charge in [-0.15, -0.1) is 0 Å². The molecule has 0 bridgehead atoms. The fourth-order valence-electron chi connectivity index (χ4n) is 2.79. The first kappa shape index (κ1) is 15.4. The van der Waals surface area contributed by atoms with Crippen molar-refractivity contribution in [3.05, 3.63) is 35.9 Å². The third-order valence-electron chi connectivity index (χ3n) is 4.95. The van der Waals surface area contributed by atoms with Crippen molar-refractivity contribution in [1.29, 1.82) is 0 Å². The molecule has 1 aliphatic rings. The Morgan fingerprint density at radius 1 is 1.10 bits per heavy atom. The van der Waals surface area contributed by atoms with Gasteiger partial charge in [0, 0.05) is 6.04 Å². The molecule has 2 rings (SSSR count). The van der Waals surface area contributed by atoms with Gasteiger partial charge in [0.15, 0.2) is 6.04 Å². The predicted octanol–water partition coefficient (Wildman–Crippen LogP) is 2.55. The van der Waals surface area contributed by atoms with Crippen molar-refractivity contribution in [1.82, 2.24) is 10.6 Å². The maximum Gasteiger partial charge on any atom is 0.330 e. The molecule has 0 aliphatic heterocycles. The predicted molar refractivity (Wildman–Crippen MR) is 79.8 cm³/mol. The molecule has 0 radical (unpaired) electrons. The fraction of sp³-hybridized carbons (Fsp3) is 0.500. The summed E-state index contributed by atoms with van der Waals surface area (Å²) in [6.07, 6.45) is 0. The molecule has 1 aromatic rings. The third-order valence-corrected chi connectivity index (χ3v) is 4.95. The van der Waals surface area contributed by atoms with Crippen molar-refractivity contribution in [3.63, 3.8) is 0 Å². The van der Waals surface area contributed by atoms with Crippen LogP contribution in [0.2, 0.25) is 0 Å². The van der Waals surface area contributed by atoms with Crippen LogP contribution in [0.5, 0.6) is 0 Å². The Bertz CT molecular complexity index is 538. The summed E-state index contributed by atoms with van der Waals surface area (Å²) in [5, 5.41) is 14.7. The second-order valence-corrected chi connectivity index (χ2v) is 6.68. The number of carbonyl (C=O) groups excluding carboxylic acids is 1. The zero-order valence-corrected chi connectivity index (χ0v) is 12.8. The second-order valence-electron chi connectivity index (χ2n) is 6.68. The Kier molecular flexibility index (Phi) is 3.70. The molecule has 1 aliphatic carbocycles. The minimum atomic E-state index is -1.08. The molecule has 21 heavy (non-hydrogen) atoms. The molecule has 5 heteroatoms. The molecule has 1 atom stereocenters. The molecule has 0 aromatic heterocycles. The van der Waals surface area contributed by atoms with Crippen LogP contribution in [0.25, 0.3) is 0 Å². The molecular weight excluding hydrogens is 268 g/mol. The van der Waals surface area contributed by atoms with Crippen LogP contribution < -0.4 is 10.6 Å². The molecular formula is C16H22N2O3. The first-order valence-corrected chi connectivity index (χ1v) is 7.02. The van der Waals surface area contributed by atoms with Gasteiger partial charge in [-0.25, -0.2) is 9.59 Å². The minimum absolute atomic E-state index is 0.00973. The van der Waals surface area contributed by atoms with Gasteiger partial charge in [-0.1, -0.05) is 58.0 Å². The number of carboxylic acid groups (broad SMARTS) is 1. The van der Waals surface area contributed by atoms with E-state index in [9.17, 15) is 14.7 Å². The van der Waals surface area contributed by atoms with Gasteiger partial charge in [-0.2, -0.15) is 0 Å². The van der Waals surface area contributed by atoms with E-state index < -0.39 is 18.0 Å². The maximum absolute atomic E-state index is 12.1. The van der Waals surface area contributed by atoms with Gasteiger partial charge in [-0.05, 0) is 16.4 Å². The van der Waals surface area contributed by atoms with E-state index in [1.54, 1.807) is 30.3 Å². The summed E-state index contributed by atoms with van der Waals surface area (Å²) in [4.78, 5) is 23.4. The van der Waals surface area contributed by atoms with Crippen LogP contribution in [0.4, 0.5) is 4.79 Å². The van der Waals surface area contributed by atoms with Crippen molar-refractivity contribution in [2.45, 2.75) is 39.8 Å². The monoisotopic (exact) mass is 290 g/mol. The van der Waals surface area contributed by atoms with E-state index in [4.69, 9.17) is 0 Å². The van der Waals surface area contributed by atoms with Gasteiger partial charge in [0.05, 0.1) is 0 Å². The lowest BCUT2D eigenvalue weighted by Crippen LogP contribution is -2.43. The average molecular weight is 290 g/mol. The summed E-state index contributed by atoms with van der Waals surface area (Å²) < 4.78 is 0. The summed E-state index contributed by atoms with van der Waals surface area (Å²) in [5.74, 6) is -1.08. The Balaban J connectivity index is 2.03. The highest BCUT2D eigenvalue weighted by molar-refractivity contribution is 5.84. The fourth-order valence-corrected chi connectivity index (χ4v) is 2.79. The van der Waals surface area contributed by atoms with Crippen molar-refractivity contribution < 1.29 is 14.7 Å². The van der Waals surface area contributed by atoms with Crippen LogP contribution in [-0.4, -0.2) is 23.1 Å². The van der Waals surface area contributed by atoms with Gasteiger partial charge in [-0.3, -0.25) is 0 Å². The molecule has 5 nitrogen and oxygen atoms in total. The van der Waals surface area contributed by atoms with E-state index in [2.05, 4.69) is 38.3 Å². The number of nitrogens with one attached hydrogen (secondary N) is 2. The van der Waals surface area contributed by atoms with Crippen molar-refractivity contribution in [3.8, 4) is 0 Å². The molecule has 1 unspecified atom stereocenters. The van der Waals surface area contributed by atoms with Crippen LogP contribution in [0.1, 0.15) is 39.3 Å². The molecule has 0 saturated heterocycles. The van der Waals surface area contributed by atoms with E-state index in [1.165, 1.54) is 0 Å². The van der Waals surface area contributed by atoms with Gasteiger partial charge in [0.2, 0.25) is 0 Å². The number of urea groups is 1. The van der Waals surface area contributed by atoms with E-state index in [-0.39, 0.29) is 16.9 Å². The lowest BCUT2D eigenvalue weighted by atomic mass is 10.0. The number of aliphatic carboxylic acids is 1. The van der Waals surface area contributed by atoms with E-state index in [0.29, 0.717) is 5.56 Å². The molecule has 1 fully saturated rings. The molecule has 1 saturated carbocycles. The number of hydrogen-bond acceptors (Lipinski definition) is 2. The zero-order valence-electron chi connectivity index (χ0n) is 12.8. The van der Waals surface area contributed by atoms with Crippen molar-refractivity contribution in [2.75, 3.05) is 0 Å². The molecule has 1 aromatic carbocycles. The first-order valence-electron chi connectivity index (χ1n) is 7.02. The Labute approximate surface area is 124 Å². The van der Waals surface area contributed by atoms with Gasteiger partial charge in [0.1, 0.15) is 0 Å². The highest BCUT2D eigenvalue weighted by Crippen LogP contribution is 2.62. The summed E-state index contributed by atoms with van der Waals surface area (Å²) in [7, 11) is 0. The lowest BCUT2D eigenvalue weighted by Gasteiger charge is -2.16. The van der Waals surface area contributed by atoms with Crippen molar-refractivity contribution >= 4 is 12.0 Å². The maximum atomic E-state index is 12.1. The van der Waals surface area contributed by atoms with Crippen molar-refractivity contribution in [2.24, 2.45) is 10.8 Å². The quantitative estimate of drug-likeness (QED) is 0.797. The molecule has 3 N–H and O–H groups in total. The normalized spacial score (nSPS) is 20.4. The van der Waals surface area contributed by atoms with Crippen LogP contribution in [-0.2, 0) is 4.79 Å². The van der Waals surface area contributed by atoms with Crippen LogP contribution >= 0.6 is 0 Å². The number of amides is 2. The largest absolute Gasteiger partial charge is 0.479 e. The highest BCUT2D eigenvalue weighted by Gasteiger charge is 2.65. The SMILES string of the molecule is CC1(C)C(NC(=O)NC(C(=O)O)c2ccccc2)C1(C)C. The molecule has 2 amide bonds. The van der Waals surface area contributed by atoms with Crippen LogP contribution in [0.3, 0.4) is 0 Å². The Morgan fingerprint density at radius 2 is 1.62 bits per heavy atom. The molecule has 0 heterocycles. The minimum Gasteiger partial charge on any atom is -0.479 e. The lowest BCUT2D eigenvalue weighted by molar-refractivity contribution is -0.139. The average Bonchev–Trinajstić information content (AvgIpc) is 2.79. The Hall–Kier alpha value is -2.04. The highest BCUT2D eigenvalue weighted by atomic mass is 16.4. The topological polar surface area (TPSA) is 78.4 Å². The van der Waals surface area contributed by atoms with Gasteiger partial charge >= 0.3 is 12.0 Å². The Morgan fingerprint density at radius 3 is 2.05 bits per heavy atom. The number of carbonyl (C=O) groups is 2.